The number of benzene rings is 2. The molecule has 1 aliphatic rings. The summed E-state index contributed by atoms with van der Waals surface area (Å²) in [5.74, 6) is -0.289. The minimum atomic E-state index is -1.10. The van der Waals surface area contributed by atoms with Gasteiger partial charge in [-0.15, -0.1) is 0 Å². The van der Waals surface area contributed by atoms with Crippen molar-refractivity contribution in [2.45, 2.75) is 11.8 Å². The van der Waals surface area contributed by atoms with Gasteiger partial charge < -0.3 is 9.84 Å². The Balaban J connectivity index is 2.29. The Morgan fingerprint density at radius 3 is 2.65 bits per heavy atom. The Labute approximate surface area is 121 Å². The topological polar surface area (TPSA) is 46.5 Å². The van der Waals surface area contributed by atoms with Crippen LogP contribution in [0.3, 0.4) is 0 Å². The quantitative estimate of drug-likeness (QED) is 0.920. The lowest BCUT2D eigenvalue weighted by molar-refractivity contribution is -0.143. The Morgan fingerprint density at radius 2 is 1.95 bits per heavy atom. The third kappa shape index (κ3) is 1.86. The number of ether oxygens (including phenoxy) is 1. The number of hydrogen-bond acceptors (Lipinski definition) is 2. The van der Waals surface area contributed by atoms with E-state index in [0.29, 0.717) is 29.4 Å². The Bertz CT molecular complexity index is 654. The van der Waals surface area contributed by atoms with Crippen molar-refractivity contribution in [3.63, 3.8) is 0 Å². The van der Waals surface area contributed by atoms with E-state index in [2.05, 4.69) is 0 Å². The lowest BCUT2D eigenvalue weighted by Gasteiger charge is -2.35. The molecular formula is C16H13ClO3. The molecule has 4 heteroatoms. The zero-order valence-corrected chi connectivity index (χ0v) is 11.4. The molecule has 0 bridgehead atoms. The smallest absolute Gasteiger partial charge is 0.318 e. The first-order chi connectivity index (χ1) is 9.64. The number of carbonyl (C=O) groups is 1. The molecule has 1 aliphatic heterocycles. The highest BCUT2D eigenvalue weighted by atomic mass is 35.5. The average molecular weight is 289 g/mol. The summed E-state index contributed by atoms with van der Waals surface area (Å²) in [6, 6.07) is 14.4. The third-order valence-corrected chi connectivity index (χ3v) is 4.00. The fourth-order valence-corrected chi connectivity index (χ4v) is 2.95. The lowest BCUT2D eigenvalue weighted by atomic mass is 9.71. The van der Waals surface area contributed by atoms with Gasteiger partial charge in [0.1, 0.15) is 11.2 Å². The molecular weight excluding hydrogens is 276 g/mol. The third-order valence-electron chi connectivity index (χ3n) is 3.77. The van der Waals surface area contributed by atoms with Crippen LogP contribution >= 0.6 is 11.6 Å². The Hall–Kier alpha value is -2.00. The number of carboxylic acid groups (broad SMARTS) is 1. The molecule has 0 amide bonds. The van der Waals surface area contributed by atoms with Gasteiger partial charge in [-0.1, -0.05) is 41.9 Å². The van der Waals surface area contributed by atoms with Crippen molar-refractivity contribution < 1.29 is 14.6 Å². The van der Waals surface area contributed by atoms with Crippen LogP contribution in [-0.2, 0) is 10.2 Å². The summed E-state index contributed by atoms with van der Waals surface area (Å²) >= 11 is 6.05. The molecule has 3 nitrogen and oxygen atoms in total. The summed E-state index contributed by atoms with van der Waals surface area (Å²) in [6.45, 7) is 0.371. The first kappa shape index (κ1) is 13.0. The van der Waals surface area contributed by atoms with E-state index in [1.807, 2.05) is 30.3 Å². The van der Waals surface area contributed by atoms with E-state index >= 15 is 0 Å². The molecule has 0 aliphatic carbocycles. The predicted octanol–water partition coefficient (Wildman–Crippen LogP) is 3.49. The molecule has 1 unspecified atom stereocenters. The Morgan fingerprint density at radius 1 is 1.20 bits per heavy atom. The zero-order valence-electron chi connectivity index (χ0n) is 10.7. The van der Waals surface area contributed by atoms with E-state index in [4.69, 9.17) is 16.3 Å². The number of hydrogen-bond donors (Lipinski definition) is 1. The first-order valence-electron chi connectivity index (χ1n) is 6.36. The molecule has 0 saturated heterocycles. The largest absolute Gasteiger partial charge is 0.493 e. The predicted molar refractivity (Wildman–Crippen MR) is 76.4 cm³/mol. The van der Waals surface area contributed by atoms with Gasteiger partial charge in [0.2, 0.25) is 0 Å². The number of rotatable bonds is 2. The number of aliphatic carboxylic acids is 1. The van der Waals surface area contributed by atoms with Gasteiger partial charge in [0.15, 0.2) is 0 Å². The molecule has 3 rings (SSSR count). The molecule has 2 aromatic carbocycles. The minimum absolute atomic E-state index is 0.371. The van der Waals surface area contributed by atoms with Crippen molar-refractivity contribution in [1.82, 2.24) is 0 Å². The average Bonchev–Trinajstić information content (AvgIpc) is 2.47. The van der Waals surface area contributed by atoms with E-state index < -0.39 is 11.4 Å². The van der Waals surface area contributed by atoms with E-state index in [1.165, 1.54) is 0 Å². The van der Waals surface area contributed by atoms with Crippen molar-refractivity contribution in [3.8, 4) is 5.75 Å². The summed E-state index contributed by atoms with van der Waals surface area (Å²) in [6.07, 6.45) is 0.389. The van der Waals surface area contributed by atoms with Crippen LogP contribution in [0.25, 0.3) is 0 Å². The van der Waals surface area contributed by atoms with Gasteiger partial charge in [-0.3, -0.25) is 4.79 Å². The van der Waals surface area contributed by atoms with Gasteiger partial charge in [0, 0.05) is 17.0 Å². The molecule has 0 aromatic heterocycles. The second-order valence-electron chi connectivity index (χ2n) is 4.82. The van der Waals surface area contributed by atoms with Gasteiger partial charge in [-0.05, 0) is 23.8 Å². The highest BCUT2D eigenvalue weighted by molar-refractivity contribution is 6.30. The number of carboxylic acids is 1. The molecule has 0 fully saturated rings. The first-order valence-corrected chi connectivity index (χ1v) is 6.74. The fourth-order valence-electron chi connectivity index (χ4n) is 2.78. The summed E-state index contributed by atoms with van der Waals surface area (Å²) in [5, 5.41) is 10.4. The van der Waals surface area contributed by atoms with Crippen LogP contribution in [0, 0.1) is 0 Å². The normalized spacial score (nSPS) is 20.9. The fraction of sp³-hybridized carbons (Fsp3) is 0.188. The maximum Gasteiger partial charge on any atom is 0.318 e. The number of halogens is 1. The summed E-state index contributed by atoms with van der Waals surface area (Å²) in [4.78, 5) is 12.1. The van der Waals surface area contributed by atoms with E-state index in [0.717, 1.165) is 5.56 Å². The second-order valence-corrected chi connectivity index (χ2v) is 5.25. The van der Waals surface area contributed by atoms with E-state index in [1.54, 1.807) is 18.2 Å². The second kappa shape index (κ2) is 4.84. The van der Waals surface area contributed by atoms with Crippen LogP contribution in [0.2, 0.25) is 5.02 Å². The van der Waals surface area contributed by atoms with Gasteiger partial charge in [-0.2, -0.15) is 0 Å². The molecule has 0 saturated carbocycles. The van der Waals surface area contributed by atoms with Crippen LogP contribution in [0.1, 0.15) is 17.5 Å². The molecule has 1 N–H and O–H groups in total. The van der Waals surface area contributed by atoms with Crippen LogP contribution in [0.15, 0.2) is 48.5 Å². The maximum absolute atomic E-state index is 12.1. The van der Waals surface area contributed by atoms with E-state index in [-0.39, 0.29) is 0 Å². The summed E-state index contributed by atoms with van der Waals surface area (Å²) < 4.78 is 5.58. The Kier molecular flexibility index (Phi) is 3.14. The SMILES string of the molecule is O=C(O)C1(c2ccccc2)CCOc2ccc(Cl)cc21. The zero-order chi connectivity index (χ0) is 14.2. The molecule has 20 heavy (non-hydrogen) atoms. The van der Waals surface area contributed by atoms with Gasteiger partial charge in [-0.25, -0.2) is 0 Å². The summed E-state index contributed by atoms with van der Waals surface area (Å²) in [5.41, 5.74) is 0.272. The van der Waals surface area contributed by atoms with Crippen LogP contribution in [0.5, 0.6) is 5.75 Å². The highest BCUT2D eigenvalue weighted by Gasteiger charge is 2.46. The van der Waals surface area contributed by atoms with Gasteiger partial charge in [0.05, 0.1) is 6.61 Å². The van der Waals surface area contributed by atoms with Crippen molar-refractivity contribution in [1.29, 1.82) is 0 Å². The molecule has 0 radical (unpaired) electrons. The summed E-state index contributed by atoms with van der Waals surface area (Å²) in [7, 11) is 0. The highest BCUT2D eigenvalue weighted by Crippen LogP contribution is 2.44. The number of fused-ring (bicyclic) bond motifs is 1. The standard InChI is InChI=1S/C16H13ClO3/c17-12-6-7-14-13(10-12)16(15(18)19,8-9-20-14)11-4-2-1-3-5-11/h1-7,10H,8-9H2,(H,18,19). The van der Waals surface area contributed by atoms with Crippen LogP contribution in [-0.4, -0.2) is 17.7 Å². The van der Waals surface area contributed by atoms with Crippen molar-refractivity contribution in [2.75, 3.05) is 6.61 Å². The van der Waals surface area contributed by atoms with Crippen LogP contribution < -0.4 is 4.74 Å². The van der Waals surface area contributed by atoms with Gasteiger partial charge in [0.25, 0.3) is 0 Å². The van der Waals surface area contributed by atoms with Gasteiger partial charge >= 0.3 is 5.97 Å². The minimum Gasteiger partial charge on any atom is -0.493 e. The van der Waals surface area contributed by atoms with Crippen LogP contribution in [0.4, 0.5) is 0 Å². The molecule has 0 spiro atoms. The monoisotopic (exact) mass is 288 g/mol. The van der Waals surface area contributed by atoms with Crippen molar-refractivity contribution in [3.05, 3.63) is 64.7 Å². The lowest BCUT2D eigenvalue weighted by Crippen LogP contribution is -2.41. The van der Waals surface area contributed by atoms with Crippen molar-refractivity contribution in [2.24, 2.45) is 0 Å². The van der Waals surface area contributed by atoms with Crippen molar-refractivity contribution >= 4 is 17.6 Å². The van der Waals surface area contributed by atoms with E-state index in [9.17, 15) is 9.90 Å². The molecule has 2 aromatic rings. The maximum atomic E-state index is 12.1. The molecule has 102 valence electrons. The molecule has 1 heterocycles. The molecule has 1 atom stereocenters.